The second-order valence-electron chi connectivity index (χ2n) is 3.83. The van der Waals surface area contributed by atoms with Gasteiger partial charge in [0.2, 0.25) is 0 Å². The fourth-order valence-electron chi connectivity index (χ4n) is 1.48. The Hall–Kier alpha value is -1.08. The lowest BCUT2D eigenvalue weighted by atomic mass is 10.2. The highest BCUT2D eigenvalue weighted by Crippen LogP contribution is 2.27. The molecule has 86 valence electrons. The van der Waals surface area contributed by atoms with Gasteiger partial charge in [-0.25, -0.2) is 4.98 Å². The van der Waals surface area contributed by atoms with Gasteiger partial charge in [0.15, 0.2) is 0 Å². The van der Waals surface area contributed by atoms with Crippen molar-refractivity contribution in [3.05, 3.63) is 22.3 Å². The summed E-state index contributed by atoms with van der Waals surface area (Å²) in [5.41, 5.74) is 1.16. The minimum Gasteiger partial charge on any atom is -0.355 e. The number of aryl methyl sites for hydroxylation is 1. The number of halogens is 1. The summed E-state index contributed by atoms with van der Waals surface area (Å²) in [6.45, 7) is 7.59. The van der Waals surface area contributed by atoms with Crippen LogP contribution in [0.3, 0.4) is 0 Å². The van der Waals surface area contributed by atoms with Gasteiger partial charge in [-0.3, -0.25) is 0 Å². The van der Waals surface area contributed by atoms with Crippen LogP contribution in [0.5, 0.6) is 0 Å². The summed E-state index contributed by atoms with van der Waals surface area (Å²) >= 11 is 3.55. The Labute approximate surface area is 105 Å². The smallest absolute Gasteiger partial charge is 0.143 e. The van der Waals surface area contributed by atoms with E-state index in [1.807, 2.05) is 19.9 Å². The molecular weight excluding hydrogens is 266 g/mol. The molecule has 4 heteroatoms. The third-order valence-electron chi connectivity index (χ3n) is 2.46. The van der Waals surface area contributed by atoms with E-state index in [4.69, 9.17) is 5.26 Å². The highest BCUT2D eigenvalue weighted by atomic mass is 79.9. The van der Waals surface area contributed by atoms with E-state index in [-0.39, 0.29) is 5.92 Å². The zero-order valence-electron chi connectivity index (χ0n) is 9.87. The van der Waals surface area contributed by atoms with Gasteiger partial charge in [0.25, 0.3) is 0 Å². The molecule has 1 aromatic rings. The van der Waals surface area contributed by atoms with Crippen molar-refractivity contribution in [1.29, 1.82) is 5.26 Å². The van der Waals surface area contributed by atoms with E-state index < -0.39 is 0 Å². The largest absolute Gasteiger partial charge is 0.355 e. The Morgan fingerprint density at radius 2 is 2.31 bits per heavy atom. The highest BCUT2D eigenvalue weighted by Gasteiger charge is 2.13. The van der Waals surface area contributed by atoms with E-state index in [1.165, 1.54) is 0 Å². The van der Waals surface area contributed by atoms with Gasteiger partial charge in [-0.2, -0.15) is 5.26 Å². The van der Waals surface area contributed by atoms with E-state index in [0.29, 0.717) is 6.54 Å². The predicted molar refractivity (Wildman–Crippen MR) is 69.3 cm³/mol. The van der Waals surface area contributed by atoms with Gasteiger partial charge < -0.3 is 4.90 Å². The van der Waals surface area contributed by atoms with E-state index in [9.17, 15) is 0 Å². The summed E-state index contributed by atoms with van der Waals surface area (Å²) in [6, 6.07) is 4.22. The van der Waals surface area contributed by atoms with E-state index >= 15 is 0 Å². The zero-order chi connectivity index (χ0) is 12.1. The third kappa shape index (κ3) is 2.96. The molecule has 0 saturated carbocycles. The summed E-state index contributed by atoms with van der Waals surface area (Å²) in [6.07, 6.45) is 1.80. The number of anilines is 1. The number of aromatic nitrogens is 1. The Kier molecular flexibility index (Phi) is 4.75. The van der Waals surface area contributed by atoms with Crippen LogP contribution in [-0.4, -0.2) is 18.1 Å². The molecule has 0 aliphatic rings. The number of pyridine rings is 1. The molecule has 1 aromatic heterocycles. The normalized spacial score (nSPS) is 11.9. The molecule has 0 fully saturated rings. The highest BCUT2D eigenvalue weighted by molar-refractivity contribution is 9.10. The van der Waals surface area contributed by atoms with Crippen LogP contribution in [0.4, 0.5) is 5.82 Å². The molecule has 0 amide bonds. The topological polar surface area (TPSA) is 39.9 Å². The molecule has 3 nitrogen and oxygen atoms in total. The minimum absolute atomic E-state index is 0.00848. The minimum atomic E-state index is 0.00848. The molecule has 0 aliphatic carbocycles. The lowest BCUT2D eigenvalue weighted by Gasteiger charge is -2.24. The second kappa shape index (κ2) is 5.86. The maximum Gasteiger partial charge on any atom is 0.143 e. The zero-order valence-corrected chi connectivity index (χ0v) is 11.5. The molecule has 0 spiro atoms. The number of nitrogens with zero attached hydrogens (tertiary/aromatic N) is 3. The van der Waals surface area contributed by atoms with Crippen LogP contribution in [0.2, 0.25) is 0 Å². The fourth-order valence-corrected chi connectivity index (χ4v) is 1.97. The summed E-state index contributed by atoms with van der Waals surface area (Å²) in [5, 5.41) is 8.84. The average molecular weight is 282 g/mol. The summed E-state index contributed by atoms with van der Waals surface area (Å²) in [7, 11) is 0. The van der Waals surface area contributed by atoms with E-state index in [1.54, 1.807) is 6.20 Å². The van der Waals surface area contributed by atoms with Gasteiger partial charge in [0, 0.05) is 19.3 Å². The van der Waals surface area contributed by atoms with Crippen molar-refractivity contribution < 1.29 is 0 Å². The van der Waals surface area contributed by atoms with Crippen molar-refractivity contribution >= 4 is 21.7 Å². The van der Waals surface area contributed by atoms with Crippen molar-refractivity contribution in [2.75, 3.05) is 18.0 Å². The summed E-state index contributed by atoms with van der Waals surface area (Å²) in [4.78, 5) is 6.48. The molecule has 1 atom stereocenters. The van der Waals surface area contributed by atoms with Gasteiger partial charge in [0.1, 0.15) is 5.82 Å². The number of rotatable bonds is 4. The first-order valence-corrected chi connectivity index (χ1v) is 6.15. The average Bonchev–Trinajstić information content (AvgIpc) is 2.29. The quantitative estimate of drug-likeness (QED) is 0.851. The first-order chi connectivity index (χ1) is 7.60. The number of hydrogen-bond acceptors (Lipinski definition) is 3. The molecule has 0 aliphatic heterocycles. The van der Waals surface area contributed by atoms with Gasteiger partial charge in [-0.1, -0.05) is 0 Å². The second-order valence-corrected chi connectivity index (χ2v) is 4.63. The lowest BCUT2D eigenvalue weighted by molar-refractivity contribution is 0.678. The molecule has 0 radical (unpaired) electrons. The summed E-state index contributed by atoms with van der Waals surface area (Å²) in [5.74, 6) is 0.929. The first kappa shape index (κ1) is 13.0. The molecule has 0 bridgehead atoms. The summed E-state index contributed by atoms with van der Waals surface area (Å²) < 4.78 is 1.02. The standard InChI is InChI=1S/C12H16BrN3/c1-4-16(8-9(2)7-14)12-11(13)10(3)5-6-15-12/h5-6,9H,4,8H2,1-3H3. The van der Waals surface area contributed by atoms with Crippen molar-refractivity contribution in [3.63, 3.8) is 0 Å². The van der Waals surface area contributed by atoms with Crippen molar-refractivity contribution in [1.82, 2.24) is 4.98 Å². The van der Waals surface area contributed by atoms with Gasteiger partial charge in [0.05, 0.1) is 16.5 Å². The van der Waals surface area contributed by atoms with Gasteiger partial charge in [-0.05, 0) is 48.3 Å². The number of nitriles is 1. The van der Waals surface area contributed by atoms with Crippen LogP contribution in [0.25, 0.3) is 0 Å². The van der Waals surface area contributed by atoms with Crippen molar-refractivity contribution in [3.8, 4) is 6.07 Å². The van der Waals surface area contributed by atoms with Crippen LogP contribution >= 0.6 is 15.9 Å². The first-order valence-electron chi connectivity index (χ1n) is 5.35. The molecule has 1 heterocycles. The molecule has 0 saturated heterocycles. The molecule has 1 unspecified atom stereocenters. The maximum absolute atomic E-state index is 8.84. The maximum atomic E-state index is 8.84. The Morgan fingerprint density at radius 1 is 1.62 bits per heavy atom. The van der Waals surface area contributed by atoms with Gasteiger partial charge in [-0.15, -0.1) is 0 Å². The molecule has 0 N–H and O–H groups in total. The van der Waals surface area contributed by atoms with E-state index in [2.05, 4.69) is 38.8 Å². The molecule has 1 rings (SSSR count). The molecular formula is C12H16BrN3. The van der Waals surface area contributed by atoms with Crippen LogP contribution in [0, 0.1) is 24.2 Å². The van der Waals surface area contributed by atoms with Crippen LogP contribution in [-0.2, 0) is 0 Å². The SMILES string of the molecule is CCN(CC(C)C#N)c1nccc(C)c1Br. The third-order valence-corrected chi connectivity index (χ3v) is 3.44. The van der Waals surface area contributed by atoms with Crippen LogP contribution < -0.4 is 4.90 Å². The van der Waals surface area contributed by atoms with Crippen molar-refractivity contribution in [2.45, 2.75) is 20.8 Å². The predicted octanol–water partition coefficient (Wildman–Crippen LogP) is 3.14. The molecule has 16 heavy (non-hydrogen) atoms. The van der Waals surface area contributed by atoms with E-state index in [0.717, 1.165) is 22.4 Å². The van der Waals surface area contributed by atoms with Crippen LogP contribution in [0.15, 0.2) is 16.7 Å². The Bertz CT molecular complexity index is 398. The van der Waals surface area contributed by atoms with Crippen LogP contribution in [0.1, 0.15) is 19.4 Å². The lowest BCUT2D eigenvalue weighted by Crippen LogP contribution is -2.29. The monoisotopic (exact) mass is 281 g/mol. The fraction of sp³-hybridized carbons (Fsp3) is 0.500. The van der Waals surface area contributed by atoms with Crippen molar-refractivity contribution in [2.24, 2.45) is 5.92 Å². The number of hydrogen-bond donors (Lipinski definition) is 0. The Balaban J connectivity index is 2.96. The Morgan fingerprint density at radius 3 is 2.88 bits per heavy atom. The molecule has 0 aromatic carbocycles. The van der Waals surface area contributed by atoms with Gasteiger partial charge >= 0.3 is 0 Å².